The number of nitrogens with one attached hydrogen (secondary N) is 2. The van der Waals surface area contributed by atoms with Gasteiger partial charge in [0.15, 0.2) is 11.5 Å². The summed E-state index contributed by atoms with van der Waals surface area (Å²) in [7, 11) is 1.63. The van der Waals surface area contributed by atoms with E-state index in [1.807, 2.05) is 24.3 Å². The number of amides is 2. The minimum absolute atomic E-state index is 0.00559. The first-order valence-electron chi connectivity index (χ1n) is 14.3. The molecule has 0 radical (unpaired) electrons. The number of methoxy groups -OCH3 is 1. The summed E-state index contributed by atoms with van der Waals surface area (Å²) in [6.07, 6.45) is 7.12. The van der Waals surface area contributed by atoms with Gasteiger partial charge in [0.25, 0.3) is 5.91 Å². The number of hydrogen-bond acceptors (Lipinski definition) is 6. The monoisotopic (exact) mass is 566 g/mol. The van der Waals surface area contributed by atoms with Gasteiger partial charge >= 0.3 is 0 Å². The van der Waals surface area contributed by atoms with Crippen LogP contribution in [-0.4, -0.2) is 60.7 Å². The lowest BCUT2D eigenvalue weighted by Crippen LogP contribution is -2.58. The Morgan fingerprint density at radius 1 is 1.07 bits per heavy atom. The highest BCUT2D eigenvalue weighted by atomic mass is 19.1. The molecule has 2 atom stereocenters. The van der Waals surface area contributed by atoms with Crippen LogP contribution in [0.15, 0.2) is 53.1 Å². The van der Waals surface area contributed by atoms with Crippen molar-refractivity contribution in [1.29, 1.82) is 0 Å². The zero-order chi connectivity index (χ0) is 28.8. The quantitative estimate of drug-likeness (QED) is 0.389. The predicted octanol–water partition coefficient (Wildman–Crippen LogP) is 4.74. The van der Waals surface area contributed by atoms with Crippen molar-refractivity contribution < 1.29 is 27.6 Å². The first-order valence-corrected chi connectivity index (χ1v) is 14.3. The fraction of sp³-hybridized carbons (Fsp3) is 0.452. The van der Waals surface area contributed by atoms with E-state index in [1.165, 1.54) is 31.4 Å². The highest BCUT2D eigenvalue weighted by Gasteiger charge is 2.38. The Balaban J connectivity index is 1.26. The number of carbonyl (C=O) groups excluding carboxylic acids is 2. The topological polar surface area (TPSA) is 96.7 Å². The third kappa shape index (κ3) is 6.93. The lowest BCUT2D eigenvalue weighted by atomic mass is 9.87. The SMILES string of the molecule is COc1ccccc1CCNC(=O)[C@@H]1CN(C2CCCCC2)CC[C@H]1NC(=O)c1cc(-c2ccc(F)cc2F)on1. The normalized spacial score (nSPS) is 20.0. The summed E-state index contributed by atoms with van der Waals surface area (Å²) < 4.78 is 38.2. The average Bonchev–Trinajstić information content (AvgIpc) is 3.48. The van der Waals surface area contributed by atoms with E-state index in [1.54, 1.807) is 7.11 Å². The third-order valence-electron chi connectivity index (χ3n) is 8.21. The zero-order valence-electron chi connectivity index (χ0n) is 23.2. The largest absolute Gasteiger partial charge is 0.496 e. The summed E-state index contributed by atoms with van der Waals surface area (Å²) in [5, 5.41) is 9.87. The van der Waals surface area contributed by atoms with Crippen LogP contribution in [0.5, 0.6) is 5.75 Å². The molecule has 0 spiro atoms. The minimum Gasteiger partial charge on any atom is -0.496 e. The molecule has 8 nitrogen and oxygen atoms in total. The second-order valence-electron chi connectivity index (χ2n) is 10.8. The average molecular weight is 567 g/mol. The number of nitrogens with zero attached hydrogens (tertiary/aromatic N) is 2. The molecule has 1 aliphatic carbocycles. The van der Waals surface area contributed by atoms with Gasteiger partial charge in [-0.15, -0.1) is 0 Å². The Bertz CT molecular complexity index is 1360. The van der Waals surface area contributed by atoms with Crippen LogP contribution in [0.2, 0.25) is 0 Å². The summed E-state index contributed by atoms with van der Waals surface area (Å²) in [5.74, 6) is -1.80. The van der Waals surface area contributed by atoms with Gasteiger partial charge in [-0.3, -0.25) is 14.5 Å². The second kappa shape index (κ2) is 13.2. The summed E-state index contributed by atoms with van der Waals surface area (Å²) in [6.45, 7) is 1.78. The van der Waals surface area contributed by atoms with Gasteiger partial charge in [0.1, 0.15) is 17.4 Å². The first-order chi connectivity index (χ1) is 19.9. The van der Waals surface area contributed by atoms with E-state index in [4.69, 9.17) is 9.26 Å². The first kappa shape index (κ1) is 28.7. The van der Waals surface area contributed by atoms with Gasteiger partial charge in [0.05, 0.1) is 18.6 Å². The maximum absolute atomic E-state index is 14.2. The van der Waals surface area contributed by atoms with E-state index in [0.717, 1.165) is 42.8 Å². The fourth-order valence-electron chi connectivity index (χ4n) is 6.00. The fourth-order valence-corrected chi connectivity index (χ4v) is 6.00. The number of carbonyl (C=O) groups is 2. The van der Waals surface area contributed by atoms with Crippen LogP contribution in [-0.2, 0) is 11.2 Å². The lowest BCUT2D eigenvalue weighted by molar-refractivity contribution is -0.128. The Labute approximate surface area is 238 Å². The van der Waals surface area contributed by atoms with Crippen LogP contribution in [0.4, 0.5) is 8.78 Å². The molecule has 3 aromatic rings. The van der Waals surface area contributed by atoms with Gasteiger partial charge in [-0.25, -0.2) is 8.78 Å². The van der Waals surface area contributed by atoms with Crippen LogP contribution in [0.1, 0.15) is 54.6 Å². The number of likely N-dealkylation sites (tertiary alicyclic amines) is 1. The van der Waals surface area contributed by atoms with Gasteiger partial charge in [-0.1, -0.05) is 42.6 Å². The number of aromatic nitrogens is 1. The number of rotatable bonds is 9. The van der Waals surface area contributed by atoms with Crippen molar-refractivity contribution >= 4 is 11.8 Å². The lowest BCUT2D eigenvalue weighted by Gasteiger charge is -2.43. The van der Waals surface area contributed by atoms with E-state index >= 15 is 0 Å². The number of halogens is 2. The molecule has 2 fully saturated rings. The molecule has 10 heteroatoms. The van der Waals surface area contributed by atoms with Crippen molar-refractivity contribution in [1.82, 2.24) is 20.7 Å². The molecule has 0 unspecified atom stereocenters. The number of benzene rings is 2. The Morgan fingerprint density at radius 3 is 2.66 bits per heavy atom. The van der Waals surface area contributed by atoms with Gasteiger partial charge in [-0.05, 0) is 49.4 Å². The van der Waals surface area contributed by atoms with Crippen LogP contribution >= 0.6 is 0 Å². The molecule has 41 heavy (non-hydrogen) atoms. The van der Waals surface area contributed by atoms with Crippen LogP contribution in [0.25, 0.3) is 11.3 Å². The second-order valence-corrected chi connectivity index (χ2v) is 10.8. The smallest absolute Gasteiger partial charge is 0.273 e. The van der Waals surface area contributed by atoms with Crippen LogP contribution in [0.3, 0.4) is 0 Å². The van der Waals surface area contributed by atoms with E-state index in [-0.39, 0.29) is 22.9 Å². The number of hydrogen-bond donors (Lipinski definition) is 2. The highest BCUT2D eigenvalue weighted by Crippen LogP contribution is 2.29. The maximum atomic E-state index is 14.2. The summed E-state index contributed by atoms with van der Waals surface area (Å²) in [4.78, 5) is 29.1. The summed E-state index contributed by atoms with van der Waals surface area (Å²) in [5.41, 5.74) is 0.979. The summed E-state index contributed by atoms with van der Waals surface area (Å²) in [6, 6.07) is 12.2. The molecular formula is C31H36F2N4O4. The third-order valence-corrected chi connectivity index (χ3v) is 8.21. The van der Waals surface area contributed by atoms with Gasteiger partial charge in [-0.2, -0.15) is 0 Å². The number of ether oxygens (including phenoxy) is 1. The number of para-hydroxylation sites is 1. The van der Waals surface area contributed by atoms with Crippen LogP contribution < -0.4 is 15.4 Å². The summed E-state index contributed by atoms with van der Waals surface area (Å²) >= 11 is 0. The van der Waals surface area contributed by atoms with E-state index in [0.29, 0.717) is 32.0 Å². The van der Waals surface area contributed by atoms with Crippen molar-refractivity contribution in [3.05, 3.63) is 71.4 Å². The van der Waals surface area contributed by atoms with Crippen molar-refractivity contribution in [3.8, 4) is 17.1 Å². The molecule has 1 saturated carbocycles. The maximum Gasteiger partial charge on any atom is 0.273 e. The minimum atomic E-state index is -0.812. The van der Waals surface area contributed by atoms with E-state index in [2.05, 4.69) is 20.7 Å². The molecule has 2 aliphatic rings. The molecule has 1 aromatic heterocycles. The highest BCUT2D eigenvalue weighted by molar-refractivity contribution is 5.94. The Kier molecular flexibility index (Phi) is 9.28. The molecular weight excluding hydrogens is 530 g/mol. The molecule has 218 valence electrons. The van der Waals surface area contributed by atoms with Crippen molar-refractivity contribution in [3.63, 3.8) is 0 Å². The van der Waals surface area contributed by atoms with Gasteiger partial charge in [0.2, 0.25) is 5.91 Å². The van der Waals surface area contributed by atoms with Gasteiger partial charge in [0, 0.05) is 43.9 Å². The zero-order valence-corrected chi connectivity index (χ0v) is 23.2. The molecule has 2 heterocycles. The molecule has 2 aromatic carbocycles. The van der Waals surface area contributed by atoms with Gasteiger partial charge < -0.3 is 19.9 Å². The van der Waals surface area contributed by atoms with Crippen molar-refractivity contribution in [2.75, 3.05) is 26.7 Å². The Morgan fingerprint density at radius 2 is 1.88 bits per heavy atom. The Hall–Kier alpha value is -3.79. The van der Waals surface area contributed by atoms with Crippen LogP contribution in [0, 0.1) is 17.6 Å². The van der Waals surface area contributed by atoms with E-state index in [9.17, 15) is 18.4 Å². The molecule has 1 saturated heterocycles. The van der Waals surface area contributed by atoms with Crippen molar-refractivity contribution in [2.45, 2.75) is 57.0 Å². The number of piperidine rings is 1. The predicted molar refractivity (Wildman–Crippen MR) is 149 cm³/mol. The molecule has 1 aliphatic heterocycles. The van der Waals surface area contributed by atoms with E-state index < -0.39 is 29.5 Å². The standard InChI is InChI=1S/C31H36F2N4O4/c1-40-28-10-6-5-7-20(28)13-15-34-30(38)24-19-37(22-8-3-2-4-9-22)16-14-26(24)35-31(39)27-18-29(41-36-27)23-12-11-21(32)17-25(23)33/h5-7,10-12,17-18,22,24,26H,2-4,8-9,13-16,19H2,1H3,(H,34,38)(H,35,39)/t24-,26-/m1/s1. The molecule has 2 N–H and O–H groups in total. The molecule has 0 bridgehead atoms. The van der Waals surface area contributed by atoms with Crippen molar-refractivity contribution in [2.24, 2.45) is 5.92 Å². The molecule has 5 rings (SSSR count). The molecule has 2 amide bonds.